The van der Waals surface area contributed by atoms with Crippen LogP contribution in [0.1, 0.15) is 12.0 Å². The Kier molecular flexibility index (Phi) is 7.28. The molecule has 0 radical (unpaired) electrons. The second kappa shape index (κ2) is 9.71. The van der Waals surface area contributed by atoms with Gasteiger partial charge in [-0.25, -0.2) is 8.42 Å². The number of halogens is 1. The second-order valence-corrected chi connectivity index (χ2v) is 9.40. The summed E-state index contributed by atoms with van der Waals surface area (Å²) in [6, 6.07) is 12.1. The maximum atomic E-state index is 12.9. The second-order valence-electron chi connectivity index (χ2n) is 6.55. The van der Waals surface area contributed by atoms with E-state index in [0.717, 1.165) is 4.47 Å². The Balaban J connectivity index is 1.71. The monoisotopic (exact) mass is 482 g/mol. The van der Waals surface area contributed by atoms with Crippen molar-refractivity contribution in [3.8, 4) is 5.75 Å². The number of hydrogen-bond donors (Lipinski definition) is 1. The van der Waals surface area contributed by atoms with Crippen LogP contribution in [0.25, 0.3) is 0 Å². The molecular weight excluding hydrogens is 460 g/mol. The maximum absolute atomic E-state index is 12.9. The van der Waals surface area contributed by atoms with Crippen molar-refractivity contribution in [1.29, 1.82) is 0 Å². The van der Waals surface area contributed by atoms with Crippen molar-refractivity contribution in [3.63, 3.8) is 0 Å². The predicted molar refractivity (Wildman–Crippen MR) is 114 cm³/mol. The number of nitrogens with zero attached hydrogens (tertiary/aromatic N) is 1. The van der Waals surface area contributed by atoms with Crippen LogP contribution in [-0.2, 0) is 26.0 Å². The van der Waals surface area contributed by atoms with Gasteiger partial charge in [0.15, 0.2) is 0 Å². The lowest BCUT2D eigenvalue weighted by Gasteiger charge is -2.26. The van der Waals surface area contributed by atoms with Crippen LogP contribution >= 0.6 is 15.9 Å². The molecule has 0 saturated carbocycles. The summed E-state index contributed by atoms with van der Waals surface area (Å²) in [7, 11) is -2.08. The molecular formula is C20H23BrN2O5S. The molecule has 156 valence electrons. The van der Waals surface area contributed by atoms with Crippen LogP contribution in [-0.4, -0.2) is 52.0 Å². The number of anilines is 1. The Hall–Kier alpha value is -1.94. The van der Waals surface area contributed by atoms with Gasteiger partial charge in [-0.15, -0.1) is 0 Å². The van der Waals surface area contributed by atoms with Crippen LogP contribution in [0.2, 0.25) is 0 Å². The van der Waals surface area contributed by atoms with E-state index in [4.69, 9.17) is 9.47 Å². The van der Waals surface area contributed by atoms with Crippen molar-refractivity contribution in [3.05, 3.63) is 52.5 Å². The van der Waals surface area contributed by atoms with Gasteiger partial charge in [0.25, 0.3) is 0 Å². The highest BCUT2D eigenvalue weighted by molar-refractivity contribution is 9.10. The zero-order valence-electron chi connectivity index (χ0n) is 16.1. The number of morpholine rings is 1. The number of hydrogen-bond acceptors (Lipinski definition) is 5. The molecule has 2 aromatic rings. The molecule has 0 aliphatic carbocycles. The van der Waals surface area contributed by atoms with E-state index in [0.29, 0.717) is 49.7 Å². The number of ether oxygens (including phenoxy) is 2. The summed E-state index contributed by atoms with van der Waals surface area (Å²) in [5, 5.41) is 2.83. The van der Waals surface area contributed by atoms with E-state index in [1.54, 1.807) is 24.3 Å². The van der Waals surface area contributed by atoms with E-state index in [-0.39, 0.29) is 17.2 Å². The maximum Gasteiger partial charge on any atom is 0.243 e. The average Bonchev–Trinajstić information content (AvgIpc) is 2.74. The minimum atomic E-state index is -3.61. The number of carbonyl (C=O) groups excluding carboxylic acids is 1. The quantitative estimate of drug-likeness (QED) is 0.655. The number of sulfonamides is 1. The predicted octanol–water partition coefficient (Wildman–Crippen LogP) is 3.05. The first-order chi connectivity index (χ1) is 13.9. The zero-order valence-corrected chi connectivity index (χ0v) is 18.5. The molecule has 7 nitrogen and oxygen atoms in total. The fourth-order valence-corrected chi connectivity index (χ4v) is 4.78. The van der Waals surface area contributed by atoms with Crippen LogP contribution in [0.4, 0.5) is 5.69 Å². The lowest BCUT2D eigenvalue weighted by Crippen LogP contribution is -2.40. The molecule has 1 N–H and O–H groups in total. The Morgan fingerprint density at radius 3 is 2.52 bits per heavy atom. The summed E-state index contributed by atoms with van der Waals surface area (Å²) in [4.78, 5) is 12.5. The van der Waals surface area contributed by atoms with Crippen LogP contribution in [0.5, 0.6) is 5.75 Å². The van der Waals surface area contributed by atoms with Crippen LogP contribution in [0.3, 0.4) is 0 Å². The number of aryl methyl sites for hydroxylation is 1. The summed E-state index contributed by atoms with van der Waals surface area (Å²) in [6.45, 7) is 1.44. The number of benzene rings is 2. The smallest absolute Gasteiger partial charge is 0.243 e. The molecule has 2 aromatic carbocycles. The molecule has 1 aliphatic heterocycles. The average molecular weight is 483 g/mol. The van der Waals surface area contributed by atoms with Gasteiger partial charge in [-0.2, -0.15) is 4.31 Å². The van der Waals surface area contributed by atoms with Crippen LogP contribution in [0, 0.1) is 0 Å². The molecule has 0 spiro atoms. The number of methoxy groups -OCH3 is 1. The van der Waals surface area contributed by atoms with Gasteiger partial charge in [0.05, 0.1) is 25.2 Å². The first-order valence-electron chi connectivity index (χ1n) is 9.20. The Morgan fingerprint density at radius 1 is 1.17 bits per heavy atom. The van der Waals surface area contributed by atoms with E-state index in [9.17, 15) is 13.2 Å². The van der Waals surface area contributed by atoms with Gasteiger partial charge >= 0.3 is 0 Å². The van der Waals surface area contributed by atoms with Gasteiger partial charge in [0.2, 0.25) is 15.9 Å². The number of carbonyl (C=O) groups is 1. The van der Waals surface area contributed by atoms with Gasteiger partial charge < -0.3 is 14.8 Å². The van der Waals surface area contributed by atoms with E-state index < -0.39 is 10.0 Å². The third kappa shape index (κ3) is 5.57. The van der Waals surface area contributed by atoms with Crippen molar-refractivity contribution in [2.75, 3.05) is 38.7 Å². The first kappa shape index (κ1) is 21.8. The van der Waals surface area contributed by atoms with Gasteiger partial charge in [0.1, 0.15) is 5.75 Å². The fraction of sp³-hybridized carbons (Fsp3) is 0.350. The highest BCUT2D eigenvalue weighted by Gasteiger charge is 2.27. The van der Waals surface area contributed by atoms with Gasteiger partial charge in [-0.1, -0.05) is 15.9 Å². The molecule has 0 bridgehead atoms. The van der Waals surface area contributed by atoms with Gasteiger partial charge in [0, 0.05) is 29.7 Å². The van der Waals surface area contributed by atoms with Crippen LogP contribution in [0.15, 0.2) is 51.8 Å². The summed E-state index contributed by atoms with van der Waals surface area (Å²) >= 11 is 3.35. The van der Waals surface area contributed by atoms with E-state index in [2.05, 4.69) is 21.2 Å². The number of rotatable bonds is 7. The lowest BCUT2D eigenvalue weighted by molar-refractivity contribution is -0.116. The van der Waals surface area contributed by atoms with Crippen molar-refractivity contribution < 1.29 is 22.7 Å². The lowest BCUT2D eigenvalue weighted by atomic mass is 10.1. The standard InChI is InChI=1S/C20H23BrN2O5S/c1-27-19-8-7-18(29(25,26)23-10-12-28-13-11-23)14-15(19)2-9-20(24)22-17-5-3-16(21)4-6-17/h3-8,14H,2,9-13H2,1H3,(H,22,24). The molecule has 29 heavy (non-hydrogen) atoms. The molecule has 1 fully saturated rings. The molecule has 1 saturated heterocycles. The van der Waals surface area contributed by atoms with E-state index in [1.165, 1.54) is 17.5 Å². The minimum absolute atomic E-state index is 0.157. The van der Waals surface area contributed by atoms with E-state index in [1.807, 2.05) is 12.1 Å². The summed E-state index contributed by atoms with van der Waals surface area (Å²) in [6.07, 6.45) is 0.561. The largest absolute Gasteiger partial charge is 0.496 e. The Bertz CT molecular complexity index is 957. The van der Waals surface area contributed by atoms with Gasteiger partial charge in [-0.3, -0.25) is 4.79 Å². The molecule has 1 amide bonds. The SMILES string of the molecule is COc1ccc(S(=O)(=O)N2CCOCC2)cc1CCC(=O)Nc1ccc(Br)cc1. The van der Waals surface area contributed by atoms with Gasteiger partial charge in [-0.05, 0) is 54.4 Å². The zero-order chi connectivity index (χ0) is 20.9. The first-order valence-corrected chi connectivity index (χ1v) is 11.4. The van der Waals surface area contributed by atoms with Crippen molar-refractivity contribution in [1.82, 2.24) is 4.31 Å². The fourth-order valence-electron chi connectivity index (χ4n) is 3.05. The summed E-state index contributed by atoms with van der Waals surface area (Å²) in [5.74, 6) is 0.401. The molecule has 0 unspecified atom stereocenters. The van der Waals surface area contributed by atoms with Crippen molar-refractivity contribution in [2.45, 2.75) is 17.7 Å². The van der Waals surface area contributed by atoms with Crippen LogP contribution < -0.4 is 10.1 Å². The third-order valence-corrected chi connectivity index (χ3v) is 7.03. The molecule has 3 rings (SSSR count). The number of nitrogens with one attached hydrogen (secondary N) is 1. The topological polar surface area (TPSA) is 84.9 Å². The molecule has 1 heterocycles. The molecule has 9 heteroatoms. The summed E-state index contributed by atoms with van der Waals surface area (Å²) in [5.41, 5.74) is 1.38. The highest BCUT2D eigenvalue weighted by Crippen LogP contribution is 2.26. The highest BCUT2D eigenvalue weighted by atomic mass is 79.9. The van der Waals surface area contributed by atoms with Crippen molar-refractivity contribution >= 4 is 37.5 Å². The third-order valence-electron chi connectivity index (χ3n) is 4.61. The number of amides is 1. The Morgan fingerprint density at radius 2 is 1.86 bits per heavy atom. The molecule has 0 atom stereocenters. The van der Waals surface area contributed by atoms with E-state index >= 15 is 0 Å². The minimum Gasteiger partial charge on any atom is -0.496 e. The summed E-state index contributed by atoms with van der Waals surface area (Å²) < 4.78 is 38.7. The molecule has 1 aliphatic rings. The van der Waals surface area contributed by atoms with Crippen molar-refractivity contribution in [2.24, 2.45) is 0 Å². The molecule has 0 aromatic heterocycles. The normalized spacial score (nSPS) is 15.1. The Labute approximate surface area is 179 Å².